The van der Waals surface area contributed by atoms with Crippen LogP contribution in [0.25, 0.3) is 0 Å². The second-order valence-corrected chi connectivity index (χ2v) is 3.16. The van der Waals surface area contributed by atoms with Crippen LogP contribution in [0.15, 0.2) is 0 Å². The van der Waals surface area contributed by atoms with E-state index in [1.165, 1.54) is 0 Å². The molecule has 3 nitrogen and oxygen atoms in total. The first-order valence-electron chi connectivity index (χ1n) is 4.73. The summed E-state index contributed by atoms with van der Waals surface area (Å²) in [7, 11) is 0. The second kappa shape index (κ2) is 4.33. The monoisotopic (exact) mass is 171 g/mol. The molecule has 0 aromatic carbocycles. The lowest BCUT2D eigenvalue weighted by Gasteiger charge is -2.23. The summed E-state index contributed by atoms with van der Waals surface area (Å²) >= 11 is 0. The van der Waals surface area contributed by atoms with Gasteiger partial charge in [-0.05, 0) is 12.8 Å². The van der Waals surface area contributed by atoms with E-state index in [9.17, 15) is 4.79 Å². The van der Waals surface area contributed by atoms with E-state index in [0.29, 0.717) is 12.6 Å². The van der Waals surface area contributed by atoms with Gasteiger partial charge >= 0.3 is 6.09 Å². The van der Waals surface area contributed by atoms with Gasteiger partial charge in [-0.2, -0.15) is 0 Å². The van der Waals surface area contributed by atoms with Crippen LogP contribution < -0.4 is 0 Å². The number of nitrogens with zero attached hydrogens (tertiary/aromatic N) is 1. The zero-order valence-electron chi connectivity index (χ0n) is 7.88. The zero-order chi connectivity index (χ0) is 8.97. The standard InChI is InChI=1S/C9H17NO2/c1-3-5-8(4-2)10-6-7-12-9(10)11/h8H,3-7H2,1-2H3. The van der Waals surface area contributed by atoms with Gasteiger partial charge in [-0.25, -0.2) is 4.79 Å². The third-order valence-corrected chi connectivity index (χ3v) is 2.33. The molecule has 1 fully saturated rings. The van der Waals surface area contributed by atoms with E-state index in [0.717, 1.165) is 25.8 Å². The number of ether oxygens (including phenoxy) is 1. The number of carbonyl (C=O) groups is 1. The highest BCUT2D eigenvalue weighted by Gasteiger charge is 2.27. The average Bonchev–Trinajstić information content (AvgIpc) is 2.47. The molecule has 0 radical (unpaired) electrons. The van der Waals surface area contributed by atoms with Crippen molar-refractivity contribution in [2.24, 2.45) is 0 Å². The normalized spacial score (nSPS) is 19.5. The summed E-state index contributed by atoms with van der Waals surface area (Å²) in [4.78, 5) is 13.0. The second-order valence-electron chi connectivity index (χ2n) is 3.16. The Morgan fingerprint density at radius 1 is 1.58 bits per heavy atom. The molecule has 1 aliphatic heterocycles. The lowest BCUT2D eigenvalue weighted by Crippen LogP contribution is -2.35. The van der Waals surface area contributed by atoms with E-state index in [1.54, 1.807) is 0 Å². The number of amides is 1. The average molecular weight is 171 g/mol. The van der Waals surface area contributed by atoms with E-state index < -0.39 is 0 Å². The smallest absolute Gasteiger partial charge is 0.410 e. The molecule has 0 spiro atoms. The van der Waals surface area contributed by atoms with Crippen molar-refractivity contribution >= 4 is 6.09 Å². The molecule has 0 saturated carbocycles. The molecule has 0 aliphatic carbocycles. The Balaban J connectivity index is 2.46. The molecule has 1 amide bonds. The first kappa shape index (κ1) is 9.36. The summed E-state index contributed by atoms with van der Waals surface area (Å²) < 4.78 is 4.88. The molecule has 1 heterocycles. The minimum atomic E-state index is -0.129. The molecular weight excluding hydrogens is 154 g/mol. The quantitative estimate of drug-likeness (QED) is 0.647. The molecule has 1 atom stereocenters. The Bertz CT molecular complexity index is 159. The van der Waals surface area contributed by atoms with Gasteiger partial charge in [-0.15, -0.1) is 0 Å². The lowest BCUT2D eigenvalue weighted by molar-refractivity contribution is 0.145. The molecule has 70 valence electrons. The van der Waals surface area contributed by atoms with Crippen molar-refractivity contribution in [2.75, 3.05) is 13.2 Å². The van der Waals surface area contributed by atoms with Gasteiger partial charge in [-0.1, -0.05) is 20.3 Å². The molecule has 0 aromatic rings. The molecule has 0 aromatic heterocycles. The fourth-order valence-electron chi connectivity index (χ4n) is 1.65. The number of rotatable bonds is 4. The molecule has 12 heavy (non-hydrogen) atoms. The van der Waals surface area contributed by atoms with Gasteiger partial charge in [0, 0.05) is 6.04 Å². The Kier molecular flexibility index (Phi) is 3.38. The maximum atomic E-state index is 11.2. The molecule has 1 rings (SSSR count). The van der Waals surface area contributed by atoms with Crippen LogP contribution in [-0.2, 0) is 4.74 Å². The number of hydrogen-bond acceptors (Lipinski definition) is 2. The summed E-state index contributed by atoms with van der Waals surface area (Å²) in [5.41, 5.74) is 0. The van der Waals surface area contributed by atoms with Crippen molar-refractivity contribution < 1.29 is 9.53 Å². The van der Waals surface area contributed by atoms with Gasteiger partial charge in [0.25, 0.3) is 0 Å². The number of carbonyl (C=O) groups excluding carboxylic acids is 1. The Morgan fingerprint density at radius 3 is 2.75 bits per heavy atom. The number of cyclic esters (lactones) is 1. The maximum absolute atomic E-state index is 11.2. The van der Waals surface area contributed by atoms with Crippen LogP contribution in [-0.4, -0.2) is 30.2 Å². The van der Waals surface area contributed by atoms with E-state index in [1.807, 2.05) is 4.90 Å². The predicted octanol–water partition coefficient (Wildman–Crippen LogP) is 2.02. The van der Waals surface area contributed by atoms with Crippen LogP contribution in [0.2, 0.25) is 0 Å². The third kappa shape index (κ3) is 1.90. The fourth-order valence-corrected chi connectivity index (χ4v) is 1.65. The predicted molar refractivity (Wildman–Crippen MR) is 47.0 cm³/mol. The van der Waals surface area contributed by atoms with E-state index in [-0.39, 0.29) is 6.09 Å². The molecule has 1 unspecified atom stereocenters. The van der Waals surface area contributed by atoms with E-state index in [2.05, 4.69) is 13.8 Å². The summed E-state index contributed by atoms with van der Waals surface area (Å²) in [5, 5.41) is 0. The van der Waals surface area contributed by atoms with Crippen LogP contribution >= 0.6 is 0 Å². The maximum Gasteiger partial charge on any atom is 0.410 e. The number of hydrogen-bond donors (Lipinski definition) is 0. The minimum absolute atomic E-state index is 0.129. The fraction of sp³-hybridized carbons (Fsp3) is 0.889. The summed E-state index contributed by atoms with van der Waals surface area (Å²) in [6.07, 6.45) is 3.12. The van der Waals surface area contributed by atoms with Gasteiger partial charge in [0.15, 0.2) is 0 Å². The van der Waals surface area contributed by atoms with Crippen molar-refractivity contribution in [3.8, 4) is 0 Å². The van der Waals surface area contributed by atoms with Gasteiger partial charge in [-0.3, -0.25) is 0 Å². The highest BCUT2D eigenvalue weighted by atomic mass is 16.6. The van der Waals surface area contributed by atoms with Gasteiger partial charge in [0.2, 0.25) is 0 Å². The molecule has 3 heteroatoms. The summed E-state index contributed by atoms with van der Waals surface area (Å²) in [6.45, 7) is 5.60. The minimum Gasteiger partial charge on any atom is -0.448 e. The first-order chi connectivity index (χ1) is 5.79. The Morgan fingerprint density at radius 2 is 2.33 bits per heavy atom. The molecule has 0 bridgehead atoms. The third-order valence-electron chi connectivity index (χ3n) is 2.33. The summed E-state index contributed by atoms with van der Waals surface area (Å²) in [5.74, 6) is 0. The van der Waals surface area contributed by atoms with Crippen LogP contribution in [0.3, 0.4) is 0 Å². The summed E-state index contributed by atoms with van der Waals surface area (Å²) in [6, 6.07) is 0.394. The van der Waals surface area contributed by atoms with Crippen molar-refractivity contribution in [3.63, 3.8) is 0 Å². The van der Waals surface area contributed by atoms with Crippen LogP contribution in [0.5, 0.6) is 0 Å². The molecular formula is C9H17NO2. The highest BCUT2D eigenvalue weighted by Crippen LogP contribution is 2.15. The van der Waals surface area contributed by atoms with Crippen molar-refractivity contribution in [3.05, 3.63) is 0 Å². The molecule has 0 N–H and O–H groups in total. The van der Waals surface area contributed by atoms with Crippen molar-refractivity contribution in [2.45, 2.75) is 39.2 Å². The van der Waals surface area contributed by atoms with E-state index >= 15 is 0 Å². The van der Waals surface area contributed by atoms with E-state index in [4.69, 9.17) is 4.74 Å². The highest BCUT2D eigenvalue weighted by molar-refractivity contribution is 5.69. The van der Waals surface area contributed by atoms with Crippen LogP contribution in [0, 0.1) is 0 Å². The van der Waals surface area contributed by atoms with Crippen LogP contribution in [0.4, 0.5) is 4.79 Å². The van der Waals surface area contributed by atoms with Gasteiger partial charge < -0.3 is 9.64 Å². The lowest BCUT2D eigenvalue weighted by atomic mass is 10.1. The largest absolute Gasteiger partial charge is 0.448 e. The SMILES string of the molecule is CCCC(CC)N1CCOC1=O. The zero-order valence-corrected chi connectivity index (χ0v) is 7.88. The first-order valence-corrected chi connectivity index (χ1v) is 4.73. The Hall–Kier alpha value is -0.730. The topological polar surface area (TPSA) is 29.5 Å². The molecule has 1 aliphatic rings. The van der Waals surface area contributed by atoms with Crippen molar-refractivity contribution in [1.29, 1.82) is 0 Å². The molecule has 1 saturated heterocycles. The van der Waals surface area contributed by atoms with Crippen LogP contribution in [0.1, 0.15) is 33.1 Å². The van der Waals surface area contributed by atoms with Gasteiger partial charge in [0.05, 0.1) is 6.54 Å². The Labute approximate surface area is 73.7 Å². The van der Waals surface area contributed by atoms with Gasteiger partial charge in [0.1, 0.15) is 6.61 Å². The van der Waals surface area contributed by atoms with Crippen molar-refractivity contribution in [1.82, 2.24) is 4.90 Å².